The lowest BCUT2D eigenvalue weighted by Gasteiger charge is -2.29. The predicted octanol–water partition coefficient (Wildman–Crippen LogP) is 2.84. The van der Waals surface area contributed by atoms with E-state index < -0.39 is 17.6 Å². The van der Waals surface area contributed by atoms with Gasteiger partial charge < -0.3 is 20.3 Å². The molecule has 3 amide bonds. The molecule has 180 valence electrons. The third-order valence-corrected chi connectivity index (χ3v) is 6.43. The highest BCUT2D eigenvalue weighted by Crippen LogP contribution is 2.31. The summed E-state index contributed by atoms with van der Waals surface area (Å²) in [5, 5.41) is 4.21. The van der Waals surface area contributed by atoms with Crippen molar-refractivity contribution in [2.75, 3.05) is 30.0 Å². The first-order valence-electron chi connectivity index (χ1n) is 11.4. The van der Waals surface area contributed by atoms with Crippen molar-refractivity contribution in [1.29, 1.82) is 0 Å². The minimum atomic E-state index is -0.786. The van der Waals surface area contributed by atoms with Gasteiger partial charge in [0, 0.05) is 42.5 Å². The zero-order valence-electron chi connectivity index (χ0n) is 19.2. The zero-order chi connectivity index (χ0) is 24.7. The number of carbonyl (C=O) groups excluding carboxylic acids is 3. The number of anilines is 2. The summed E-state index contributed by atoms with van der Waals surface area (Å²) < 4.78 is 21.1. The molecule has 2 aliphatic heterocycles. The first kappa shape index (κ1) is 22.6. The van der Waals surface area contributed by atoms with Gasteiger partial charge in [0.2, 0.25) is 5.91 Å². The average molecular weight is 477 g/mol. The Morgan fingerprint density at radius 1 is 1.00 bits per heavy atom. The van der Waals surface area contributed by atoms with E-state index in [4.69, 9.17) is 10.5 Å². The van der Waals surface area contributed by atoms with Crippen LogP contribution >= 0.6 is 0 Å². The standard InChI is InChI=1S/C25H24FN5O4/c1-35-17-9-10-20(19(26)14-17)31-23-18(22(28-31)24(27)33)11-13-30(25(23)34)16-7-5-15(6-8-16)29-12-3-2-4-21(29)32/h5-10,14H,2-4,11-13H2,1H3,(H2,27,33). The van der Waals surface area contributed by atoms with E-state index in [1.807, 2.05) is 12.1 Å². The number of nitrogens with two attached hydrogens (primary N) is 1. The Balaban J connectivity index is 1.52. The van der Waals surface area contributed by atoms with Crippen molar-refractivity contribution >= 4 is 29.1 Å². The van der Waals surface area contributed by atoms with Crippen LogP contribution in [0.2, 0.25) is 0 Å². The van der Waals surface area contributed by atoms with Crippen molar-refractivity contribution in [3.05, 3.63) is 65.2 Å². The SMILES string of the molecule is COc1ccc(-n2nc(C(N)=O)c3c2C(=O)N(c2ccc(N4CCCCC4=O)cc2)CC3)c(F)c1. The van der Waals surface area contributed by atoms with Crippen molar-refractivity contribution in [2.45, 2.75) is 25.7 Å². The van der Waals surface area contributed by atoms with E-state index >= 15 is 0 Å². The van der Waals surface area contributed by atoms with Gasteiger partial charge in [-0.1, -0.05) is 0 Å². The number of rotatable bonds is 5. The number of amides is 3. The molecule has 9 nitrogen and oxygen atoms in total. The molecule has 10 heteroatoms. The van der Waals surface area contributed by atoms with Crippen LogP contribution in [0.4, 0.5) is 15.8 Å². The number of hydrogen-bond acceptors (Lipinski definition) is 5. The molecule has 0 aliphatic carbocycles. The first-order valence-corrected chi connectivity index (χ1v) is 11.4. The molecule has 0 saturated carbocycles. The fourth-order valence-electron chi connectivity index (χ4n) is 4.66. The maximum absolute atomic E-state index is 14.9. The number of fused-ring (bicyclic) bond motifs is 1. The second kappa shape index (κ2) is 8.86. The van der Waals surface area contributed by atoms with Gasteiger partial charge in [0.1, 0.15) is 17.1 Å². The topological polar surface area (TPSA) is 111 Å². The summed E-state index contributed by atoms with van der Waals surface area (Å²) >= 11 is 0. The first-order chi connectivity index (χ1) is 16.9. The van der Waals surface area contributed by atoms with Crippen molar-refractivity contribution < 1.29 is 23.5 Å². The molecule has 0 atom stereocenters. The summed E-state index contributed by atoms with van der Waals surface area (Å²) in [5.74, 6) is -1.48. The van der Waals surface area contributed by atoms with Gasteiger partial charge in [-0.05, 0) is 55.7 Å². The van der Waals surface area contributed by atoms with E-state index in [0.717, 1.165) is 23.2 Å². The Kier molecular flexibility index (Phi) is 5.72. The highest BCUT2D eigenvalue weighted by molar-refractivity contribution is 6.09. The second-order valence-electron chi connectivity index (χ2n) is 8.49. The summed E-state index contributed by atoms with van der Waals surface area (Å²) in [4.78, 5) is 41.2. The van der Waals surface area contributed by atoms with E-state index in [0.29, 0.717) is 42.9 Å². The molecule has 0 radical (unpaired) electrons. The fourth-order valence-corrected chi connectivity index (χ4v) is 4.66. The molecule has 2 N–H and O–H groups in total. The number of piperidine rings is 1. The number of ether oxygens (including phenoxy) is 1. The highest BCUT2D eigenvalue weighted by atomic mass is 19.1. The van der Waals surface area contributed by atoms with Crippen LogP contribution in [0.15, 0.2) is 42.5 Å². The molecule has 0 spiro atoms. The summed E-state index contributed by atoms with van der Waals surface area (Å²) in [6, 6.07) is 11.4. The fraction of sp³-hybridized carbons (Fsp3) is 0.280. The van der Waals surface area contributed by atoms with Gasteiger partial charge in [-0.3, -0.25) is 14.4 Å². The van der Waals surface area contributed by atoms with E-state index in [-0.39, 0.29) is 23.0 Å². The largest absolute Gasteiger partial charge is 0.497 e. The zero-order valence-corrected chi connectivity index (χ0v) is 19.2. The number of benzene rings is 2. The van der Waals surface area contributed by atoms with Crippen molar-refractivity contribution in [3.63, 3.8) is 0 Å². The maximum Gasteiger partial charge on any atom is 0.277 e. The molecule has 3 aromatic rings. The second-order valence-corrected chi connectivity index (χ2v) is 8.49. The lowest BCUT2D eigenvalue weighted by atomic mass is 10.0. The Morgan fingerprint density at radius 3 is 2.34 bits per heavy atom. The summed E-state index contributed by atoms with van der Waals surface area (Å²) in [6.07, 6.45) is 2.70. The van der Waals surface area contributed by atoms with Gasteiger partial charge in [-0.15, -0.1) is 0 Å². The van der Waals surface area contributed by atoms with Gasteiger partial charge in [0.05, 0.1) is 7.11 Å². The normalized spacial score (nSPS) is 15.8. The van der Waals surface area contributed by atoms with E-state index in [1.54, 1.807) is 28.0 Å². The number of nitrogens with zero attached hydrogens (tertiary/aromatic N) is 4. The van der Waals surface area contributed by atoms with Gasteiger partial charge in [-0.25, -0.2) is 9.07 Å². The molecule has 2 aromatic carbocycles. The average Bonchev–Trinajstić information content (AvgIpc) is 3.25. The van der Waals surface area contributed by atoms with Crippen molar-refractivity contribution in [3.8, 4) is 11.4 Å². The lowest BCUT2D eigenvalue weighted by Crippen LogP contribution is -2.39. The van der Waals surface area contributed by atoms with Crippen LogP contribution in [0, 0.1) is 5.82 Å². The lowest BCUT2D eigenvalue weighted by molar-refractivity contribution is -0.119. The van der Waals surface area contributed by atoms with Gasteiger partial charge in [0.15, 0.2) is 11.5 Å². The quantitative estimate of drug-likeness (QED) is 0.608. The van der Waals surface area contributed by atoms with E-state index in [1.165, 1.54) is 19.2 Å². The monoisotopic (exact) mass is 477 g/mol. The Labute approximate surface area is 200 Å². The third-order valence-electron chi connectivity index (χ3n) is 6.43. The number of halogens is 1. The minimum Gasteiger partial charge on any atom is -0.497 e. The molecule has 1 fully saturated rings. The number of methoxy groups -OCH3 is 1. The van der Waals surface area contributed by atoms with E-state index in [9.17, 15) is 18.8 Å². The molecular formula is C25H24FN5O4. The number of carbonyl (C=O) groups is 3. The Hall–Kier alpha value is -4.21. The molecule has 35 heavy (non-hydrogen) atoms. The number of primary amides is 1. The maximum atomic E-state index is 14.9. The van der Waals surface area contributed by atoms with Crippen LogP contribution in [0.25, 0.3) is 5.69 Å². The van der Waals surface area contributed by atoms with Crippen LogP contribution in [-0.4, -0.2) is 47.7 Å². The number of aromatic nitrogens is 2. The summed E-state index contributed by atoms with van der Waals surface area (Å²) in [7, 11) is 1.42. The van der Waals surface area contributed by atoms with Crippen molar-refractivity contribution in [1.82, 2.24) is 9.78 Å². The molecule has 2 aliphatic rings. The van der Waals surface area contributed by atoms with Crippen LogP contribution < -0.4 is 20.3 Å². The summed E-state index contributed by atoms with van der Waals surface area (Å²) in [6.45, 7) is 0.970. The van der Waals surface area contributed by atoms with Crippen LogP contribution in [0.5, 0.6) is 5.75 Å². The Morgan fingerprint density at radius 2 is 1.71 bits per heavy atom. The molecular weight excluding hydrogens is 453 g/mol. The Bertz CT molecular complexity index is 1330. The molecule has 1 aromatic heterocycles. The minimum absolute atomic E-state index is 0.00343. The van der Waals surface area contributed by atoms with Crippen LogP contribution in [0.3, 0.4) is 0 Å². The summed E-state index contributed by atoms with van der Waals surface area (Å²) in [5.41, 5.74) is 7.35. The van der Waals surface area contributed by atoms with Crippen LogP contribution in [0.1, 0.15) is 45.8 Å². The predicted molar refractivity (Wildman–Crippen MR) is 127 cm³/mol. The van der Waals surface area contributed by atoms with Crippen molar-refractivity contribution in [2.24, 2.45) is 5.73 Å². The third kappa shape index (κ3) is 3.90. The molecule has 0 unspecified atom stereocenters. The number of hydrogen-bond donors (Lipinski definition) is 1. The molecule has 3 heterocycles. The smallest absolute Gasteiger partial charge is 0.277 e. The van der Waals surface area contributed by atoms with Gasteiger partial charge in [0.25, 0.3) is 11.8 Å². The van der Waals surface area contributed by atoms with Gasteiger partial charge >= 0.3 is 0 Å². The highest BCUT2D eigenvalue weighted by Gasteiger charge is 2.35. The van der Waals surface area contributed by atoms with Crippen LogP contribution in [-0.2, 0) is 11.2 Å². The van der Waals surface area contributed by atoms with Gasteiger partial charge in [-0.2, -0.15) is 5.10 Å². The molecule has 5 rings (SSSR count). The molecule has 0 bridgehead atoms. The molecule has 1 saturated heterocycles. The van der Waals surface area contributed by atoms with E-state index in [2.05, 4.69) is 5.10 Å².